The minimum atomic E-state index is -1.19. The Morgan fingerprint density at radius 1 is 1.14 bits per heavy atom. The average Bonchev–Trinajstić information content (AvgIpc) is 2.67. The van der Waals surface area contributed by atoms with Gasteiger partial charge in [0, 0.05) is 34.1 Å². The predicted molar refractivity (Wildman–Crippen MR) is 103 cm³/mol. The van der Waals surface area contributed by atoms with Crippen molar-refractivity contribution in [3.8, 4) is 0 Å². The molecule has 5 nitrogen and oxygen atoms in total. The van der Waals surface area contributed by atoms with Crippen LogP contribution in [0.1, 0.15) is 24.8 Å². The van der Waals surface area contributed by atoms with E-state index < -0.39 is 12.0 Å². The largest absolute Gasteiger partial charge is 1.00 e. The number of halogens is 1. The quantitative estimate of drug-likeness (QED) is 0.558. The molecule has 138 valence electrons. The van der Waals surface area contributed by atoms with Gasteiger partial charge in [0.2, 0.25) is 0 Å². The SMILES string of the molecule is O=C([O-])C1C/C(=C2/CCCN(c3ccccc3)C2=O)c2ccc(Cl)cc2N1.[Na+]. The monoisotopic (exact) mass is 404 g/mol. The fourth-order valence-electron chi connectivity index (χ4n) is 3.80. The maximum atomic E-state index is 13.2. The van der Waals surface area contributed by atoms with Gasteiger partial charge in [0.05, 0.1) is 12.0 Å². The van der Waals surface area contributed by atoms with Crippen molar-refractivity contribution >= 4 is 40.4 Å². The number of nitrogens with one attached hydrogen (secondary N) is 1. The molecule has 2 aromatic rings. The Balaban J connectivity index is 0.00000225. The molecule has 2 aromatic carbocycles. The Hall–Kier alpha value is -1.79. The van der Waals surface area contributed by atoms with Crippen LogP contribution in [0.3, 0.4) is 0 Å². The van der Waals surface area contributed by atoms with E-state index in [4.69, 9.17) is 11.6 Å². The van der Waals surface area contributed by atoms with E-state index in [1.165, 1.54) is 0 Å². The van der Waals surface area contributed by atoms with E-state index in [1.54, 1.807) is 17.0 Å². The molecular formula is C21H18ClN2NaO3. The summed E-state index contributed by atoms with van der Waals surface area (Å²) >= 11 is 6.08. The average molecular weight is 405 g/mol. The molecule has 1 unspecified atom stereocenters. The van der Waals surface area contributed by atoms with Gasteiger partial charge in [-0.05, 0) is 49.1 Å². The molecule has 1 saturated heterocycles. The molecule has 1 atom stereocenters. The van der Waals surface area contributed by atoms with Crippen molar-refractivity contribution in [1.82, 2.24) is 0 Å². The van der Waals surface area contributed by atoms with Crippen LogP contribution in [0.5, 0.6) is 0 Å². The number of carbonyl (C=O) groups excluding carboxylic acids is 2. The number of hydrogen-bond acceptors (Lipinski definition) is 4. The second-order valence-electron chi connectivity index (χ2n) is 6.76. The molecular weight excluding hydrogens is 387 g/mol. The number of aliphatic carboxylic acids is 1. The van der Waals surface area contributed by atoms with Gasteiger partial charge < -0.3 is 20.1 Å². The van der Waals surface area contributed by atoms with Gasteiger partial charge in [-0.1, -0.05) is 35.9 Å². The standard InChI is InChI=1S/C21H19ClN2O3.Na/c22-13-8-9-15-17(12-19(21(26)27)23-18(15)11-13)16-7-4-10-24(20(16)25)14-5-2-1-3-6-14;/h1-3,5-6,8-9,11,19,23H,4,7,10,12H2,(H,26,27);/q;+1/p-1/b17-16+;. The van der Waals surface area contributed by atoms with Crippen molar-refractivity contribution < 1.29 is 44.3 Å². The molecule has 1 fully saturated rings. The van der Waals surface area contributed by atoms with Crippen LogP contribution in [0.25, 0.3) is 5.57 Å². The first-order chi connectivity index (χ1) is 13.0. The fourth-order valence-corrected chi connectivity index (χ4v) is 3.97. The Kier molecular flexibility index (Phi) is 6.50. The first-order valence-corrected chi connectivity index (χ1v) is 9.28. The van der Waals surface area contributed by atoms with Crippen molar-refractivity contribution in [1.29, 1.82) is 0 Å². The molecule has 4 rings (SSSR count). The molecule has 0 bridgehead atoms. The van der Waals surface area contributed by atoms with E-state index in [2.05, 4.69) is 5.32 Å². The molecule has 2 aliphatic rings. The number of nitrogens with zero attached hydrogens (tertiary/aromatic N) is 1. The van der Waals surface area contributed by atoms with E-state index in [9.17, 15) is 14.7 Å². The number of carboxylic acids is 1. The molecule has 7 heteroatoms. The van der Waals surface area contributed by atoms with E-state index >= 15 is 0 Å². The molecule has 0 spiro atoms. The molecule has 0 aliphatic carbocycles. The molecule has 28 heavy (non-hydrogen) atoms. The van der Waals surface area contributed by atoms with Crippen LogP contribution in [0.4, 0.5) is 11.4 Å². The summed E-state index contributed by atoms with van der Waals surface area (Å²) in [6.07, 6.45) is 1.66. The van der Waals surface area contributed by atoms with Gasteiger partial charge in [-0.2, -0.15) is 0 Å². The number of para-hydroxylation sites is 1. The van der Waals surface area contributed by atoms with Crippen LogP contribution in [0, 0.1) is 0 Å². The summed E-state index contributed by atoms with van der Waals surface area (Å²) in [7, 11) is 0. The van der Waals surface area contributed by atoms with Crippen LogP contribution in [-0.2, 0) is 9.59 Å². The predicted octanol–water partition coefficient (Wildman–Crippen LogP) is -0.141. The normalized spacial score (nSPS) is 21.4. The molecule has 1 amide bonds. The number of benzene rings is 2. The van der Waals surface area contributed by atoms with Gasteiger partial charge in [0.25, 0.3) is 5.91 Å². The maximum Gasteiger partial charge on any atom is 1.00 e. The Morgan fingerprint density at radius 3 is 2.61 bits per heavy atom. The van der Waals surface area contributed by atoms with Crippen LogP contribution in [0.15, 0.2) is 54.1 Å². The zero-order chi connectivity index (χ0) is 19.0. The van der Waals surface area contributed by atoms with Crippen LogP contribution >= 0.6 is 11.6 Å². The maximum absolute atomic E-state index is 13.2. The van der Waals surface area contributed by atoms with Crippen molar-refractivity contribution in [2.45, 2.75) is 25.3 Å². The Morgan fingerprint density at radius 2 is 1.89 bits per heavy atom. The van der Waals surface area contributed by atoms with Gasteiger partial charge in [-0.3, -0.25) is 4.79 Å². The summed E-state index contributed by atoms with van der Waals surface area (Å²) in [4.78, 5) is 26.5. The van der Waals surface area contributed by atoms with Crippen molar-refractivity contribution in [3.05, 3.63) is 64.7 Å². The van der Waals surface area contributed by atoms with Gasteiger partial charge in [0.15, 0.2) is 0 Å². The minimum Gasteiger partial charge on any atom is -0.548 e. The summed E-state index contributed by atoms with van der Waals surface area (Å²) < 4.78 is 0. The number of carboxylic acid groups (broad SMARTS) is 1. The first-order valence-electron chi connectivity index (χ1n) is 8.91. The number of rotatable bonds is 2. The second kappa shape index (κ2) is 8.70. The first kappa shape index (κ1) is 20.9. The number of piperidine rings is 1. The summed E-state index contributed by atoms with van der Waals surface area (Å²) in [6, 6.07) is 13.9. The third-order valence-electron chi connectivity index (χ3n) is 5.07. The van der Waals surface area contributed by atoms with Crippen molar-refractivity contribution in [2.75, 3.05) is 16.8 Å². The molecule has 2 heterocycles. The van der Waals surface area contributed by atoms with Crippen LogP contribution < -0.4 is 44.9 Å². The number of anilines is 2. The van der Waals surface area contributed by atoms with Crippen molar-refractivity contribution in [3.63, 3.8) is 0 Å². The molecule has 0 aromatic heterocycles. The van der Waals surface area contributed by atoms with E-state index in [1.807, 2.05) is 36.4 Å². The summed E-state index contributed by atoms with van der Waals surface area (Å²) in [5, 5.41) is 15.0. The molecule has 0 radical (unpaired) electrons. The van der Waals surface area contributed by atoms with Gasteiger partial charge in [-0.25, -0.2) is 0 Å². The van der Waals surface area contributed by atoms with E-state index in [0.29, 0.717) is 29.2 Å². The van der Waals surface area contributed by atoms with Gasteiger partial charge in [0.1, 0.15) is 0 Å². The second-order valence-corrected chi connectivity index (χ2v) is 7.20. The number of fused-ring (bicyclic) bond motifs is 1. The summed E-state index contributed by atoms with van der Waals surface area (Å²) in [5.74, 6) is -1.26. The number of hydrogen-bond donors (Lipinski definition) is 1. The number of amides is 1. The molecule has 2 aliphatic heterocycles. The molecule has 0 saturated carbocycles. The van der Waals surface area contributed by atoms with Crippen molar-refractivity contribution in [2.24, 2.45) is 0 Å². The third kappa shape index (κ3) is 3.98. The van der Waals surface area contributed by atoms with Gasteiger partial charge >= 0.3 is 29.6 Å². The number of carbonyl (C=O) groups is 2. The molecule has 1 N–H and O–H groups in total. The minimum absolute atomic E-state index is 0. The summed E-state index contributed by atoms with van der Waals surface area (Å²) in [6.45, 7) is 0.648. The summed E-state index contributed by atoms with van der Waals surface area (Å²) in [5.41, 5.74) is 3.73. The van der Waals surface area contributed by atoms with Crippen LogP contribution in [-0.4, -0.2) is 24.5 Å². The third-order valence-corrected chi connectivity index (χ3v) is 5.31. The van der Waals surface area contributed by atoms with E-state index in [-0.39, 0.29) is 41.9 Å². The smallest absolute Gasteiger partial charge is 0.548 e. The Labute approximate surface area is 190 Å². The zero-order valence-electron chi connectivity index (χ0n) is 15.6. The van der Waals surface area contributed by atoms with E-state index in [0.717, 1.165) is 23.2 Å². The van der Waals surface area contributed by atoms with Gasteiger partial charge in [-0.15, -0.1) is 0 Å². The van der Waals surface area contributed by atoms with Crippen LogP contribution in [0.2, 0.25) is 5.02 Å². The Bertz CT molecular complexity index is 946. The fraction of sp³-hybridized carbons (Fsp3) is 0.238. The topological polar surface area (TPSA) is 72.5 Å². The zero-order valence-corrected chi connectivity index (χ0v) is 18.3.